The fourth-order valence-electron chi connectivity index (χ4n) is 3.67. The first-order valence-electron chi connectivity index (χ1n) is 7.06. The molecule has 3 heteroatoms. The topological polar surface area (TPSA) is 55.5 Å². The maximum atomic E-state index is 11.3. The number of carbonyl (C=O) groups is 1. The molecule has 0 spiro atoms. The standard InChI is InChI=1S/C16H20N2O/c1-16-9-5-4-8-13(16)11-6-2-3-7-12(11)14(18-16)10-15(17)19/h2-3,6-7,13H,4-5,8-10H2,1H3,(H2,17,19)/t13-,16+/m0/s1. The van der Waals surface area contributed by atoms with Crippen LogP contribution in [0.2, 0.25) is 0 Å². The normalized spacial score (nSPS) is 29.1. The number of hydrogen-bond donors (Lipinski definition) is 1. The van der Waals surface area contributed by atoms with Gasteiger partial charge >= 0.3 is 0 Å². The molecule has 19 heavy (non-hydrogen) atoms. The quantitative estimate of drug-likeness (QED) is 0.869. The molecule has 0 unspecified atom stereocenters. The highest BCUT2D eigenvalue weighted by Gasteiger charge is 2.41. The summed E-state index contributed by atoms with van der Waals surface area (Å²) in [6.45, 7) is 2.23. The van der Waals surface area contributed by atoms with Crippen LogP contribution in [0.4, 0.5) is 0 Å². The van der Waals surface area contributed by atoms with Crippen LogP contribution < -0.4 is 5.73 Å². The molecule has 1 aliphatic carbocycles. The van der Waals surface area contributed by atoms with Crippen molar-refractivity contribution in [3.05, 3.63) is 35.4 Å². The Kier molecular flexibility index (Phi) is 2.92. The van der Waals surface area contributed by atoms with Crippen molar-refractivity contribution in [2.24, 2.45) is 10.7 Å². The van der Waals surface area contributed by atoms with E-state index in [0.29, 0.717) is 5.92 Å². The van der Waals surface area contributed by atoms with Crippen molar-refractivity contribution in [3.8, 4) is 0 Å². The van der Waals surface area contributed by atoms with Crippen molar-refractivity contribution in [1.82, 2.24) is 0 Å². The average molecular weight is 256 g/mol. The van der Waals surface area contributed by atoms with Gasteiger partial charge in [0.2, 0.25) is 5.91 Å². The van der Waals surface area contributed by atoms with Crippen LogP contribution in [0.3, 0.4) is 0 Å². The predicted octanol–water partition coefficient (Wildman–Crippen LogP) is 2.78. The second kappa shape index (κ2) is 4.48. The predicted molar refractivity (Wildman–Crippen MR) is 76.4 cm³/mol. The van der Waals surface area contributed by atoms with Crippen LogP contribution in [-0.2, 0) is 4.79 Å². The highest BCUT2D eigenvalue weighted by molar-refractivity contribution is 6.11. The molecular formula is C16H20N2O. The molecule has 1 aliphatic heterocycles. The lowest BCUT2D eigenvalue weighted by atomic mass is 9.67. The lowest BCUT2D eigenvalue weighted by Crippen LogP contribution is -2.40. The summed E-state index contributed by atoms with van der Waals surface area (Å²) in [5.41, 5.74) is 8.69. The molecule has 3 rings (SSSR count). The summed E-state index contributed by atoms with van der Waals surface area (Å²) in [5.74, 6) is 0.195. The second-order valence-corrected chi connectivity index (χ2v) is 5.94. The molecule has 1 aromatic carbocycles. The molecule has 1 amide bonds. The number of aliphatic imine (C=N–C) groups is 1. The summed E-state index contributed by atoms with van der Waals surface area (Å²) in [4.78, 5) is 16.2. The van der Waals surface area contributed by atoms with Crippen LogP contribution in [0.15, 0.2) is 29.3 Å². The van der Waals surface area contributed by atoms with Crippen molar-refractivity contribution in [2.45, 2.75) is 50.5 Å². The maximum Gasteiger partial charge on any atom is 0.223 e. The van der Waals surface area contributed by atoms with E-state index in [1.54, 1.807) is 0 Å². The molecule has 0 bridgehead atoms. The van der Waals surface area contributed by atoms with E-state index in [1.807, 2.05) is 6.07 Å². The number of fused-ring (bicyclic) bond motifs is 3. The van der Waals surface area contributed by atoms with Gasteiger partial charge in [-0.25, -0.2) is 0 Å². The zero-order chi connectivity index (χ0) is 13.5. The van der Waals surface area contributed by atoms with Gasteiger partial charge in [0, 0.05) is 5.92 Å². The van der Waals surface area contributed by atoms with Crippen molar-refractivity contribution in [3.63, 3.8) is 0 Å². The van der Waals surface area contributed by atoms with E-state index >= 15 is 0 Å². The summed E-state index contributed by atoms with van der Waals surface area (Å²) < 4.78 is 0. The largest absolute Gasteiger partial charge is 0.369 e. The minimum Gasteiger partial charge on any atom is -0.369 e. The molecular weight excluding hydrogens is 236 g/mol. The smallest absolute Gasteiger partial charge is 0.223 e. The summed E-state index contributed by atoms with van der Waals surface area (Å²) in [6.07, 6.45) is 5.05. The first-order valence-corrected chi connectivity index (χ1v) is 7.06. The van der Waals surface area contributed by atoms with E-state index in [-0.39, 0.29) is 17.9 Å². The van der Waals surface area contributed by atoms with Crippen molar-refractivity contribution in [2.75, 3.05) is 0 Å². The van der Waals surface area contributed by atoms with Gasteiger partial charge in [-0.05, 0) is 30.9 Å². The minimum absolute atomic E-state index is 0.0443. The number of nitrogens with two attached hydrogens (primary N) is 1. The first-order chi connectivity index (χ1) is 9.10. The van der Waals surface area contributed by atoms with E-state index < -0.39 is 0 Å². The number of nitrogens with zero attached hydrogens (tertiary/aromatic N) is 1. The third-order valence-electron chi connectivity index (χ3n) is 4.56. The molecule has 1 heterocycles. The molecule has 1 aromatic rings. The molecule has 2 N–H and O–H groups in total. The Labute approximate surface area is 113 Å². The van der Waals surface area contributed by atoms with Crippen molar-refractivity contribution in [1.29, 1.82) is 0 Å². The summed E-state index contributed by atoms with van der Waals surface area (Å²) in [5, 5.41) is 0. The third kappa shape index (κ3) is 2.07. The van der Waals surface area contributed by atoms with Crippen molar-refractivity contribution < 1.29 is 4.79 Å². The highest BCUT2D eigenvalue weighted by atomic mass is 16.1. The third-order valence-corrected chi connectivity index (χ3v) is 4.56. The number of carbonyl (C=O) groups excluding carboxylic acids is 1. The van der Waals surface area contributed by atoms with Gasteiger partial charge in [0.05, 0.1) is 17.7 Å². The Hall–Kier alpha value is -1.64. The Morgan fingerprint density at radius 3 is 3.00 bits per heavy atom. The van der Waals surface area contributed by atoms with Gasteiger partial charge in [-0.15, -0.1) is 0 Å². The molecule has 3 nitrogen and oxygen atoms in total. The fraction of sp³-hybridized carbons (Fsp3) is 0.500. The number of primary amides is 1. The van der Waals surface area contributed by atoms with Gasteiger partial charge in [0.1, 0.15) is 0 Å². The minimum atomic E-state index is -0.300. The fourth-order valence-corrected chi connectivity index (χ4v) is 3.67. The number of benzene rings is 1. The van der Waals surface area contributed by atoms with Crippen molar-refractivity contribution >= 4 is 11.6 Å². The SMILES string of the molecule is C[C@@]12CCCC[C@H]1c1ccccc1C(CC(N)=O)=N2. The maximum absolute atomic E-state index is 11.3. The van der Waals surface area contributed by atoms with E-state index in [2.05, 4.69) is 25.1 Å². The number of amides is 1. The first kappa shape index (κ1) is 12.4. The second-order valence-electron chi connectivity index (χ2n) is 5.94. The lowest BCUT2D eigenvalue weighted by Gasteiger charge is -2.43. The van der Waals surface area contributed by atoms with Crippen LogP contribution in [0.25, 0.3) is 0 Å². The van der Waals surface area contributed by atoms with E-state index in [1.165, 1.54) is 24.8 Å². The summed E-state index contributed by atoms with van der Waals surface area (Å²) in [7, 11) is 0. The van der Waals surface area contributed by atoms with Crippen LogP contribution >= 0.6 is 0 Å². The molecule has 0 aromatic heterocycles. The van der Waals surface area contributed by atoms with Gasteiger partial charge < -0.3 is 5.73 Å². The van der Waals surface area contributed by atoms with Crippen LogP contribution in [-0.4, -0.2) is 17.2 Å². The van der Waals surface area contributed by atoms with Gasteiger partial charge in [0.15, 0.2) is 0 Å². The average Bonchev–Trinajstić information content (AvgIpc) is 2.37. The monoisotopic (exact) mass is 256 g/mol. The van der Waals surface area contributed by atoms with E-state index in [9.17, 15) is 4.79 Å². The zero-order valence-electron chi connectivity index (χ0n) is 11.4. The van der Waals surface area contributed by atoms with Gasteiger partial charge in [-0.2, -0.15) is 0 Å². The number of rotatable bonds is 2. The molecule has 2 atom stereocenters. The summed E-state index contributed by atoms with van der Waals surface area (Å²) >= 11 is 0. The molecule has 2 aliphatic rings. The lowest BCUT2D eigenvalue weighted by molar-refractivity contribution is -0.116. The molecule has 1 fully saturated rings. The van der Waals surface area contributed by atoms with Gasteiger partial charge in [-0.3, -0.25) is 9.79 Å². The Morgan fingerprint density at radius 2 is 2.21 bits per heavy atom. The van der Waals surface area contributed by atoms with Gasteiger partial charge in [-0.1, -0.05) is 37.1 Å². The van der Waals surface area contributed by atoms with E-state index in [4.69, 9.17) is 10.7 Å². The van der Waals surface area contributed by atoms with Gasteiger partial charge in [0.25, 0.3) is 0 Å². The Bertz CT molecular complexity index is 549. The molecule has 1 saturated carbocycles. The van der Waals surface area contributed by atoms with Crippen LogP contribution in [0, 0.1) is 0 Å². The van der Waals surface area contributed by atoms with Crippen LogP contribution in [0.1, 0.15) is 56.1 Å². The Balaban J connectivity index is 2.11. The van der Waals surface area contributed by atoms with Crippen LogP contribution in [0.5, 0.6) is 0 Å². The Morgan fingerprint density at radius 1 is 1.42 bits per heavy atom. The summed E-state index contributed by atoms with van der Waals surface area (Å²) in [6, 6.07) is 8.37. The zero-order valence-corrected chi connectivity index (χ0v) is 11.4. The number of hydrogen-bond acceptors (Lipinski definition) is 2. The molecule has 100 valence electrons. The van der Waals surface area contributed by atoms with E-state index in [0.717, 1.165) is 17.7 Å². The molecule has 0 radical (unpaired) electrons. The highest BCUT2D eigenvalue weighted by Crippen LogP contribution is 2.47. The molecule has 0 saturated heterocycles.